The van der Waals surface area contributed by atoms with Crippen molar-refractivity contribution in [3.63, 3.8) is 0 Å². The van der Waals surface area contributed by atoms with E-state index in [2.05, 4.69) is 6.58 Å². The SMILES string of the molecule is C=CCCCOc1c(CO)cc(Cl)cc1OC. The van der Waals surface area contributed by atoms with Crippen LogP contribution in [0.25, 0.3) is 0 Å². The fraction of sp³-hybridized carbons (Fsp3) is 0.385. The van der Waals surface area contributed by atoms with Gasteiger partial charge < -0.3 is 14.6 Å². The second-order valence-corrected chi connectivity index (χ2v) is 3.97. The largest absolute Gasteiger partial charge is 0.493 e. The summed E-state index contributed by atoms with van der Waals surface area (Å²) in [6.45, 7) is 4.07. The maximum atomic E-state index is 9.26. The fourth-order valence-electron chi connectivity index (χ4n) is 1.46. The Balaban J connectivity index is 2.83. The predicted molar refractivity (Wildman–Crippen MR) is 68.9 cm³/mol. The first kappa shape index (κ1) is 13.9. The van der Waals surface area contributed by atoms with Crippen molar-refractivity contribution in [2.24, 2.45) is 0 Å². The van der Waals surface area contributed by atoms with Gasteiger partial charge in [0.1, 0.15) is 0 Å². The Hall–Kier alpha value is -1.19. The standard InChI is InChI=1S/C13H17ClO3/c1-3-4-5-6-17-13-10(9-15)7-11(14)8-12(13)16-2/h3,7-8,15H,1,4-6,9H2,2H3. The Bertz CT molecular complexity index is 352. The number of aliphatic hydroxyl groups excluding tert-OH is 1. The number of benzene rings is 1. The van der Waals surface area contributed by atoms with E-state index in [1.54, 1.807) is 19.2 Å². The molecule has 0 aliphatic carbocycles. The average molecular weight is 257 g/mol. The molecule has 0 aliphatic heterocycles. The van der Waals surface area contributed by atoms with Gasteiger partial charge in [0.2, 0.25) is 0 Å². The van der Waals surface area contributed by atoms with Crippen molar-refractivity contribution < 1.29 is 14.6 Å². The van der Waals surface area contributed by atoms with E-state index in [1.807, 2.05) is 6.08 Å². The van der Waals surface area contributed by atoms with Crippen molar-refractivity contribution in [2.45, 2.75) is 19.4 Å². The molecule has 94 valence electrons. The number of hydrogen-bond donors (Lipinski definition) is 1. The third-order valence-corrected chi connectivity index (χ3v) is 2.50. The van der Waals surface area contributed by atoms with E-state index in [1.165, 1.54) is 0 Å². The number of methoxy groups -OCH3 is 1. The van der Waals surface area contributed by atoms with Crippen molar-refractivity contribution in [3.05, 3.63) is 35.4 Å². The van der Waals surface area contributed by atoms with Crippen LogP contribution in [0.3, 0.4) is 0 Å². The molecule has 1 aromatic rings. The van der Waals surface area contributed by atoms with E-state index < -0.39 is 0 Å². The van der Waals surface area contributed by atoms with Crippen molar-refractivity contribution in [2.75, 3.05) is 13.7 Å². The van der Waals surface area contributed by atoms with E-state index in [0.717, 1.165) is 12.8 Å². The third kappa shape index (κ3) is 3.95. The van der Waals surface area contributed by atoms with Crippen molar-refractivity contribution >= 4 is 11.6 Å². The molecule has 4 heteroatoms. The maximum Gasteiger partial charge on any atom is 0.166 e. The molecule has 0 bridgehead atoms. The zero-order valence-electron chi connectivity index (χ0n) is 9.91. The summed E-state index contributed by atoms with van der Waals surface area (Å²) >= 11 is 5.90. The highest BCUT2D eigenvalue weighted by Gasteiger charge is 2.11. The number of allylic oxidation sites excluding steroid dienone is 1. The van der Waals surface area contributed by atoms with Crippen LogP contribution < -0.4 is 9.47 Å². The minimum Gasteiger partial charge on any atom is -0.493 e. The average Bonchev–Trinajstić information content (AvgIpc) is 2.35. The van der Waals surface area contributed by atoms with E-state index >= 15 is 0 Å². The van der Waals surface area contributed by atoms with Crippen LogP contribution in [0.5, 0.6) is 11.5 Å². The van der Waals surface area contributed by atoms with Gasteiger partial charge in [-0.1, -0.05) is 17.7 Å². The molecule has 0 saturated carbocycles. The molecule has 1 rings (SSSR count). The maximum absolute atomic E-state index is 9.26. The molecule has 0 amide bonds. The summed E-state index contributed by atoms with van der Waals surface area (Å²) in [4.78, 5) is 0. The first-order valence-corrected chi connectivity index (χ1v) is 5.81. The molecule has 0 heterocycles. The van der Waals surface area contributed by atoms with Crippen LogP contribution in [0, 0.1) is 0 Å². The number of rotatable bonds is 7. The van der Waals surface area contributed by atoms with Gasteiger partial charge in [-0.2, -0.15) is 0 Å². The van der Waals surface area contributed by atoms with E-state index in [4.69, 9.17) is 21.1 Å². The normalized spacial score (nSPS) is 10.1. The number of hydrogen-bond acceptors (Lipinski definition) is 3. The lowest BCUT2D eigenvalue weighted by atomic mass is 10.2. The predicted octanol–water partition coefficient (Wildman–Crippen LogP) is 3.19. The van der Waals surface area contributed by atoms with Crippen LogP contribution in [-0.4, -0.2) is 18.8 Å². The highest BCUT2D eigenvalue weighted by Crippen LogP contribution is 2.34. The molecule has 1 N–H and O–H groups in total. The first-order valence-electron chi connectivity index (χ1n) is 5.44. The number of halogens is 1. The second-order valence-electron chi connectivity index (χ2n) is 3.53. The van der Waals surface area contributed by atoms with Crippen molar-refractivity contribution in [1.29, 1.82) is 0 Å². The van der Waals surface area contributed by atoms with E-state index in [0.29, 0.717) is 28.7 Å². The minimum atomic E-state index is -0.131. The van der Waals surface area contributed by atoms with Gasteiger partial charge in [0.15, 0.2) is 11.5 Å². The van der Waals surface area contributed by atoms with Crippen LogP contribution in [0.2, 0.25) is 5.02 Å². The van der Waals surface area contributed by atoms with Crippen molar-refractivity contribution in [1.82, 2.24) is 0 Å². The van der Waals surface area contributed by atoms with Gasteiger partial charge in [-0.05, 0) is 18.9 Å². The Morgan fingerprint density at radius 3 is 2.82 bits per heavy atom. The van der Waals surface area contributed by atoms with Crippen LogP contribution in [0.4, 0.5) is 0 Å². The van der Waals surface area contributed by atoms with Gasteiger partial charge in [0, 0.05) is 16.7 Å². The number of aliphatic hydroxyl groups is 1. The van der Waals surface area contributed by atoms with Crippen molar-refractivity contribution in [3.8, 4) is 11.5 Å². The van der Waals surface area contributed by atoms with Gasteiger partial charge in [0.05, 0.1) is 20.3 Å². The van der Waals surface area contributed by atoms with Crippen LogP contribution in [0.15, 0.2) is 24.8 Å². The number of ether oxygens (including phenoxy) is 2. The van der Waals surface area contributed by atoms with Gasteiger partial charge in [-0.3, -0.25) is 0 Å². The minimum absolute atomic E-state index is 0.131. The monoisotopic (exact) mass is 256 g/mol. The summed E-state index contributed by atoms with van der Waals surface area (Å²) in [5.41, 5.74) is 0.632. The molecule has 0 unspecified atom stereocenters. The zero-order valence-corrected chi connectivity index (χ0v) is 10.7. The Kier molecular flexibility index (Phi) is 5.87. The molecule has 1 aromatic carbocycles. The Labute approximate surface area is 107 Å². The molecule has 0 spiro atoms. The summed E-state index contributed by atoms with van der Waals surface area (Å²) in [5, 5.41) is 9.77. The molecule has 0 saturated heterocycles. The van der Waals surface area contributed by atoms with Gasteiger partial charge in [-0.15, -0.1) is 6.58 Å². The van der Waals surface area contributed by atoms with E-state index in [-0.39, 0.29) is 6.61 Å². The molecule has 17 heavy (non-hydrogen) atoms. The van der Waals surface area contributed by atoms with E-state index in [9.17, 15) is 5.11 Å². The summed E-state index contributed by atoms with van der Waals surface area (Å²) < 4.78 is 10.8. The van der Waals surface area contributed by atoms with Crippen LogP contribution in [0.1, 0.15) is 18.4 Å². The lowest BCUT2D eigenvalue weighted by Crippen LogP contribution is -2.02. The number of unbranched alkanes of at least 4 members (excludes halogenated alkanes) is 1. The lowest BCUT2D eigenvalue weighted by molar-refractivity contribution is 0.253. The molecule has 0 aliphatic rings. The first-order chi connectivity index (χ1) is 8.22. The van der Waals surface area contributed by atoms with Gasteiger partial charge in [0.25, 0.3) is 0 Å². The Morgan fingerprint density at radius 2 is 2.24 bits per heavy atom. The summed E-state index contributed by atoms with van der Waals surface area (Å²) in [7, 11) is 1.55. The molecule has 0 fully saturated rings. The summed E-state index contributed by atoms with van der Waals surface area (Å²) in [6, 6.07) is 3.34. The second kappa shape index (κ2) is 7.20. The quantitative estimate of drug-likeness (QED) is 0.602. The lowest BCUT2D eigenvalue weighted by Gasteiger charge is -2.14. The smallest absolute Gasteiger partial charge is 0.166 e. The highest BCUT2D eigenvalue weighted by molar-refractivity contribution is 6.30. The molecular formula is C13H17ClO3. The molecule has 0 aromatic heterocycles. The van der Waals surface area contributed by atoms with Crippen LogP contribution >= 0.6 is 11.6 Å². The summed E-state index contributed by atoms with van der Waals surface area (Å²) in [6.07, 6.45) is 3.61. The molecule has 0 radical (unpaired) electrons. The third-order valence-electron chi connectivity index (χ3n) is 2.29. The Morgan fingerprint density at radius 1 is 1.47 bits per heavy atom. The molecule has 0 atom stereocenters. The fourth-order valence-corrected chi connectivity index (χ4v) is 1.69. The van der Waals surface area contributed by atoms with Gasteiger partial charge in [-0.25, -0.2) is 0 Å². The topological polar surface area (TPSA) is 38.7 Å². The zero-order chi connectivity index (χ0) is 12.7. The van der Waals surface area contributed by atoms with Gasteiger partial charge >= 0.3 is 0 Å². The molecule has 3 nitrogen and oxygen atoms in total. The highest BCUT2D eigenvalue weighted by atomic mass is 35.5. The molecular weight excluding hydrogens is 240 g/mol. The summed E-state index contributed by atoms with van der Waals surface area (Å²) in [5.74, 6) is 1.10. The van der Waals surface area contributed by atoms with Crippen LogP contribution in [-0.2, 0) is 6.61 Å².